The second kappa shape index (κ2) is 4.89. The van der Waals surface area contributed by atoms with Crippen LogP contribution in [-0.2, 0) is 4.79 Å². The number of hydrogen-bond acceptors (Lipinski definition) is 4. The van der Waals surface area contributed by atoms with Crippen LogP contribution >= 0.6 is 11.6 Å². The van der Waals surface area contributed by atoms with Gasteiger partial charge in [-0.2, -0.15) is 0 Å². The minimum absolute atomic E-state index is 0.0257. The van der Waals surface area contributed by atoms with Gasteiger partial charge >= 0.3 is 5.97 Å². The summed E-state index contributed by atoms with van der Waals surface area (Å²) in [6, 6.07) is -1.00. The Morgan fingerprint density at radius 2 is 2.19 bits per heavy atom. The van der Waals surface area contributed by atoms with Gasteiger partial charge in [-0.25, -0.2) is 9.97 Å². The number of aryl methyl sites for hydroxylation is 1. The molecule has 0 radical (unpaired) electrons. The molecule has 1 aromatic rings. The number of carboxylic acids is 1. The van der Waals surface area contributed by atoms with Crippen molar-refractivity contribution in [3.8, 4) is 0 Å². The van der Waals surface area contributed by atoms with Gasteiger partial charge in [-0.1, -0.05) is 11.6 Å². The summed E-state index contributed by atoms with van der Waals surface area (Å²) in [7, 11) is 0. The molecular formula is C9H10ClN3O3. The summed E-state index contributed by atoms with van der Waals surface area (Å²) in [5, 5.41) is 11.0. The van der Waals surface area contributed by atoms with Gasteiger partial charge in [-0.3, -0.25) is 9.59 Å². The number of hydrogen-bond donors (Lipinski definition) is 2. The number of carbonyl (C=O) groups is 2. The van der Waals surface area contributed by atoms with Gasteiger partial charge in [-0.15, -0.1) is 0 Å². The van der Waals surface area contributed by atoms with Crippen molar-refractivity contribution in [3.63, 3.8) is 0 Å². The van der Waals surface area contributed by atoms with E-state index in [2.05, 4.69) is 15.3 Å². The Kier molecular flexibility index (Phi) is 3.78. The third-order valence-electron chi connectivity index (χ3n) is 1.80. The maximum absolute atomic E-state index is 11.6. The van der Waals surface area contributed by atoms with Crippen molar-refractivity contribution in [2.24, 2.45) is 0 Å². The van der Waals surface area contributed by atoms with E-state index in [9.17, 15) is 9.59 Å². The monoisotopic (exact) mass is 243 g/mol. The Labute approximate surface area is 96.7 Å². The molecule has 1 atom stereocenters. The molecule has 0 spiro atoms. The fourth-order valence-electron chi connectivity index (χ4n) is 0.941. The Morgan fingerprint density at radius 3 is 2.75 bits per heavy atom. The molecule has 0 aliphatic heterocycles. The molecule has 1 amide bonds. The molecule has 16 heavy (non-hydrogen) atoms. The molecule has 0 aliphatic rings. The zero-order valence-corrected chi connectivity index (χ0v) is 9.45. The normalized spacial score (nSPS) is 11.9. The SMILES string of the molecule is Cc1ncc(Cl)c(C(=O)N[C@@H](C)C(=O)O)n1. The molecule has 0 bridgehead atoms. The number of halogens is 1. The van der Waals surface area contributed by atoms with Gasteiger partial charge in [0.2, 0.25) is 0 Å². The standard InChI is InChI=1S/C9H10ClN3O3/c1-4(9(15)16)12-8(14)7-6(10)3-11-5(2)13-7/h3-4H,1-2H3,(H,12,14)(H,15,16)/t4-/m0/s1. The van der Waals surface area contributed by atoms with E-state index < -0.39 is 17.9 Å². The van der Waals surface area contributed by atoms with Crippen LogP contribution in [0.15, 0.2) is 6.20 Å². The highest BCUT2D eigenvalue weighted by molar-refractivity contribution is 6.33. The first-order chi connectivity index (χ1) is 7.41. The first-order valence-corrected chi connectivity index (χ1v) is 4.82. The minimum atomic E-state index is -1.13. The van der Waals surface area contributed by atoms with Crippen molar-refractivity contribution in [1.29, 1.82) is 0 Å². The first kappa shape index (κ1) is 12.4. The quantitative estimate of drug-likeness (QED) is 0.813. The number of amides is 1. The number of nitrogens with one attached hydrogen (secondary N) is 1. The van der Waals surface area contributed by atoms with E-state index in [1.807, 2.05) is 0 Å². The second-order valence-electron chi connectivity index (χ2n) is 3.15. The van der Waals surface area contributed by atoms with Crippen molar-refractivity contribution in [3.05, 3.63) is 22.7 Å². The molecule has 86 valence electrons. The van der Waals surface area contributed by atoms with Crippen molar-refractivity contribution in [2.45, 2.75) is 19.9 Å². The van der Waals surface area contributed by atoms with Gasteiger partial charge in [0.15, 0.2) is 0 Å². The van der Waals surface area contributed by atoms with Gasteiger partial charge in [0.1, 0.15) is 17.6 Å². The highest BCUT2D eigenvalue weighted by Crippen LogP contribution is 2.11. The van der Waals surface area contributed by atoms with Gasteiger partial charge in [0.25, 0.3) is 5.91 Å². The number of carbonyl (C=O) groups excluding carboxylic acids is 1. The molecule has 0 aliphatic carbocycles. The summed E-state index contributed by atoms with van der Waals surface area (Å²) < 4.78 is 0. The van der Waals surface area contributed by atoms with Crippen molar-refractivity contribution in [2.75, 3.05) is 0 Å². The number of aliphatic carboxylic acids is 1. The Hall–Kier alpha value is -1.69. The van der Waals surface area contributed by atoms with Crippen molar-refractivity contribution in [1.82, 2.24) is 15.3 Å². The van der Waals surface area contributed by atoms with Crippen LogP contribution in [0.2, 0.25) is 5.02 Å². The zero-order chi connectivity index (χ0) is 12.3. The lowest BCUT2D eigenvalue weighted by Crippen LogP contribution is -2.38. The predicted molar refractivity (Wildman–Crippen MR) is 56.3 cm³/mol. The third kappa shape index (κ3) is 2.90. The van der Waals surface area contributed by atoms with Crippen LogP contribution in [0.4, 0.5) is 0 Å². The van der Waals surface area contributed by atoms with Crippen LogP contribution in [-0.4, -0.2) is 33.0 Å². The molecule has 1 aromatic heterocycles. The van der Waals surface area contributed by atoms with Crippen molar-refractivity contribution >= 4 is 23.5 Å². The van der Waals surface area contributed by atoms with Crippen LogP contribution in [0.1, 0.15) is 23.2 Å². The number of rotatable bonds is 3. The maximum atomic E-state index is 11.6. The molecule has 0 aromatic carbocycles. The average Bonchev–Trinajstić information content (AvgIpc) is 2.21. The number of nitrogens with zero attached hydrogens (tertiary/aromatic N) is 2. The van der Waals surface area contributed by atoms with Crippen LogP contribution in [0.25, 0.3) is 0 Å². The average molecular weight is 244 g/mol. The molecule has 0 saturated heterocycles. The molecule has 0 saturated carbocycles. The van der Waals surface area contributed by atoms with Crippen LogP contribution in [0.3, 0.4) is 0 Å². The number of aromatic nitrogens is 2. The van der Waals surface area contributed by atoms with E-state index in [-0.39, 0.29) is 10.7 Å². The lowest BCUT2D eigenvalue weighted by Gasteiger charge is -2.09. The van der Waals surface area contributed by atoms with Gasteiger partial charge in [-0.05, 0) is 13.8 Å². The van der Waals surface area contributed by atoms with E-state index in [0.29, 0.717) is 5.82 Å². The number of carboxylic acid groups (broad SMARTS) is 1. The fourth-order valence-corrected chi connectivity index (χ4v) is 1.12. The predicted octanol–water partition coefficient (Wildman–Crippen LogP) is 0.641. The lowest BCUT2D eigenvalue weighted by atomic mass is 10.3. The van der Waals surface area contributed by atoms with Gasteiger partial charge in [0.05, 0.1) is 11.2 Å². The van der Waals surface area contributed by atoms with Crippen LogP contribution in [0, 0.1) is 6.92 Å². The fraction of sp³-hybridized carbons (Fsp3) is 0.333. The summed E-state index contributed by atoms with van der Waals surface area (Å²) in [5.41, 5.74) is -0.0257. The molecule has 6 nitrogen and oxygen atoms in total. The summed E-state index contributed by atoms with van der Waals surface area (Å²) in [4.78, 5) is 29.8. The molecule has 2 N–H and O–H groups in total. The molecule has 7 heteroatoms. The van der Waals surface area contributed by atoms with E-state index in [1.54, 1.807) is 6.92 Å². The summed E-state index contributed by atoms with van der Waals surface area (Å²) >= 11 is 5.72. The van der Waals surface area contributed by atoms with Crippen LogP contribution in [0.5, 0.6) is 0 Å². The topological polar surface area (TPSA) is 92.2 Å². The second-order valence-corrected chi connectivity index (χ2v) is 3.55. The zero-order valence-electron chi connectivity index (χ0n) is 8.69. The Morgan fingerprint density at radius 1 is 1.56 bits per heavy atom. The summed E-state index contributed by atoms with van der Waals surface area (Å²) in [5.74, 6) is -1.38. The molecule has 1 rings (SSSR count). The molecule has 0 fully saturated rings. The van der Waals surface area contributed by atoms with Crippen LogP contribution < -0.4 is 5.32 Å². The highest BCUT2D eigenvalue weighted by Gasteiger charge is 2.18. The highest BCUT2D eigenvalue weighted by atomic mass is 35.5. The smallest absolute Gasteiger partial charge is 0.325 e. The van der Waals surface area contributed by atoms with E-state index in [1.165, 1.54) is 13.1 Å². The molecule has 0 unspecified atom stereocenters. The van der Waals surface area contributed by atoms with E-state index in [4.69, 9.17) is 16.7 Å². The van der Waals surface area contributed by atoms with Gasteiger partial charge < -0.3 is 10.4 Å². The first-order valence-electron chi connectivity index (χ1n) is 4.44. The van der Waals surface area contributed by atoms with Gasteiger partial charge in [0, 0.05) is 0 Å². The largest absolute Gasteiger partial charge is 0.480 e. The third-order valence-corrected chi connectivity index (χ3v) is 2.07. The summed E-state index contributed by atoms with van der Waals surface area (Å²) in [6.07, 6.45) is 1.30. The summed E-state index contributed by atoms with van der Waals surface area (Å²) in [6.45, 7) is 2.95. The Balaban J connectivity index is 2.88. The Bertz CT molecular complexity index is 436. The molecule has 1 heterocycles. The lowest BCUT2D eigenvalue weighted by molar-refractivity contribution is -0.138. The van der Waals surface area contributed by atoms with E-state index in [0.717, 1.165) is 0 Å². The van der Waals surface area contributed by atoms with E-state index >= 15 is 0 Å². The minimum Gasteiger partial charge on any atom is -0.480 e. The molecular weight excluding hydrogens is 234 g/mol. The van der Waals surface area contributed by atoms with Crippen molar-refractivity contribution < 1.29 is 14.7 Å². The maximum Gasteiger partial charge on any atom is 0.325 e.